The molecule has 15 heavy (non-hydrogen) atoms. The molecule has 0 amide bonds. The summed E-state index contributed by atoms with van der Waals surface area (Å²) in [6.45, 7) is 0. The van der Waals surface area contributed by atoms with Gasteiger partial charge in [-0.05, 0) is 29.8 Å². The number of ether oxygens (including phenoxy) is 1. The lowest BCUT2D eigenvalue weighted by molar-refractivity contribution is 0.460. The summed E-state index contributed by atoms with van der Waals surface area (Å²) < 4.78 is 5.77. The van der Waals surface area contributed by atoms with Gasteiger partial charge in [-0.2, -0.15) is 0 Å². The Morgan fingerprint density at radius 1 is 0.933 bits per heavy atom. The summed E-state index contributed by atoms with van der Waals surface area (Å²) in [4.78, 5) is 0. The highest BCUT2D eigenvalue weighted by molar-refractivity contribution is 6.30. The predicted molar refractivity (Wildman–Crippen MR) is 60.8 cm³/mol. The molecule has 0 aliphatic carbocycles. The summed E-state index contributed by atoms with van der Waals surface area (Å²) in [6, 6.07) is 13.8. The van der Waals surface area contributed by atoms with Gasteiger partial charge in [0.15, 0.2) is 0 Å². The second kappa shape index (κ2) is 3.28. The molecule has 0 fully saturated rings. The molecule has 0 atom stereocenters. The molecule has 0 bridgehead atoms. The predicted octanol–water partition coefficient (Wildman–Crippen LogP) is 4.04. The van der Waals surface area contributed by atoms with Gasteiger partial charge >= 0.3 is 0 Å². The first kappa shape index (κ1) is 8.81. The molecule has 1 aliphatic heterocycles. The van der Waals surface area contributed by atoms with Crippen LogP contribution >= 0.6 is 11.6 Å². The van der Waals surface area contributed by atoms with Crippen LogP contribution in [0.5, 0.6) is 11.5 Å². The number of fused-ring (bicyclic) bond motifs is 2. The van der Waals surface area contributed by atoms with Crippen LogP contribution in [0.2, 0.25) is 5.02 Å². The number of para-hydroxylation sites is 1. The Kier molecular flexibility index (Phi) is 1.93. The van der Waals surface area contributed by atoms with E-state index >= 15 is 0 Å². The van der Waals surface area contributed by atoms with E-state index in [2.05, 4.69) is 6.07 Å². The van der Waals surface area contributed by atoms with E-state index in [9.17, 15) is 0 Å². The zero-order valence-corrected chi connectivity index (χ0v) is 8.79. The summed E-state index contributed by atoms with van der Waals surface area (Å²) in [5.74, 6) is 1.87. The standard InChI is InChI=1S/C13H9ClO/c14-11-5-6-13-10(8-11)7-9-3-1-2-4-12(9)15-13/h1-6,8H,7H2. The van der Waals surface area contributed by atoms with Gasteiger partial charge in [0.05, 0.1) is 0 Å². The summed E-state index contributed by atoms with van der Waals surface area (Å²) in [5, 5.41) is 0.761. The highest BCUT2D eigenvalue weighted by Crippen LogP contribution is 2.37. The molecule has 0 radical (unpaired) electrons. The second-order valence-corrected chi connectivity index (χ2v) is 4.08. The second-order valence-electron chi connectivity index (χ2n) is 3.64. The molecule has 0 unspecified atom stereocenters. The molecule has 0 saturated heterocycles. The van der Waals surface area contributed by atoms with E-state index in [1.165, 1.54) is 5.56 Å². The van der Waals surface area contributed by atoms with E-state index < -0.39 is 0 Å². The molecule has 1 nitrogen and oxygen atoms in total. The minimum Gasteiger partial charge on any atom is -0.457 e. The maximum absolute atomic E-state index is 5.95. The number of rotatable bonds is 0. The summed E-state index contributed by atoms with van der Waals surface area (Å²) in [6.07, 6.45) is 0.895. The maximum atomic E-state index is 5.95. The van der Waals surface area contributed by atoms with E-state index in [0.29, 0.717) is 0 Å². The Labute approximate surface area is 93.3 Å². The average Bonchev–Trinajstić information content (AvgIpc) is 2.26. The lowest BCUT2D eigenvalue weighted by Gasteiger charge is -2.19. The van der Waals surface area contributed by atoms with Gasteiger partial charge in [-0.1, -0.05) is 29.8 Å². The molecule has 2 aromatic carbocycles. The van der Waals surface area contributed by atoms with Crippen molar-refractivity contribution < 1.29 is 4.74 Å². The first-order valence-corrected chi connectivity index (χ1v) is 5.25. The van der Waals surface area contributed by atoms with Gasteiger partial charge in [0.1, 0.15) is 11.5 Å². The number of hydrogen-bond donors (Lipinski definition) is 0. The Hall–Kier alpha value is -1.47. The largest absolute Gasteiger partial charge is 0.457 e. The summed E-state index contributed by atoms with van der Waals surface area (Å²) >= 11 is 5.95. The van der Waals surface area contributed by atoms with Gasteiger partial charge in [0.2, 0.25) is 0 Å². The average molecular weight is 217 g/mol. The van der Waals surface area contributed by atoms with Crippen LogP contribution in [0.25, 0.3) is 0 Å². The molecule has 2 heteroatoms. The topological polar surface area (TPSA) is 9.23 Å². The van der Waals surface area contributed by atoms with Crippen LogP contribution in [0.1, 0.15) is 11.1 Å². The molecule has 2 aromatic rings. The van der Waals surface area contributed by atoms with Crippen molar-refractivity contribution in [2.24, 2.45) is 0 Å². The normalized spacial score (nSPS) is 12.6. The van der Waals surface area contributed by atoms with Crippen LogP contribution in [0.4, 0.5) is 0 Å². The van der Waals surface area contributed by atoms with Crippen LogP contribution in [-0.2, 0) is 6.42 Å². The molecule has 3 rings (SSSR count). The number of halogens is 1. The van der Waals surface area contributed by atoms with Crippen LogP contribution in [0.15, 0.2) is 42.5 Å². The van der Waals surface area contributed by atoms with Crippen molar-refractivity contribution in [3.8, 4) is 11.5 Å². The summed E-state index contributed by atoms with van der Waals surface area (Å²) in [5.41, 5.74) is 2.37. The van der Waals surface area contributed by atoms with Gasteiger partial charge < -0.3 is 4.74 Å². The van der Waals surface area contributed by atoms with Crippen LogP contribution in [0.3, 0.4) is 0 Å². The molecule has 0 spiro atoms. The third-order valence-corrected chi connectivity index (χ3v) is 2.83. The fourth-order valence-corrected chi connectivity index (χ4v) is 2.05. The van der Waals surface area contributed by atoms with Crippen LogP contribution in [0, 0.1) is 0 Å². The smallest absolute Gasteiger partial charge is 0.131 e. The van der Waals surface area contributed by atoms with Crippen molar-refractivity contribution in [2.45, 2.75) is 6.42 Å². The number of benzene rings is 2. The Morgan fingerprint density at radius 3 is 2.67 bits per heavy atom. The SMILES string of the molecule is Clc1ccc2c(c1)Cc1ccccc1O2. The van der Waals surface area contributed by atoms with Crippen molar-refractivity contribution >= 4 is 11.6 Å². The molecule has 0 saturated carbocycles. The Bertz CT molecular complexity index is 520. The van der Waals surface area contributed by atoms with Gasteiger partial charge in [-0.25, -0.2) is 0 Å². The minimum absolute atomic E-state index is 0.761. The zero-order valence-electron chi connectivity index (χ0n) is 8.03. The third-order valence-electron chi connectivity index (χ3n) is 2.60. The van der Waals surface area contributed by atoms with E-state index in [0.717, 1.165) is 28.5 Å². The lowest BCUT2D eigenvalue weighted by Crippen LogP contribution is -2.02. The molecule has 1 aliphatic rings. The van der Waals surface area contributed by atoms with Crippen molar-refractivity contribution in [1.29, 1.82) is 0 Å². The highest BCUT2D eigenvalue weighted by atomic mass is 35.5. The Balaban J connectivity index is 2.11. The van der Waals surface area contributed by atoms with E-state index in [1.54, 1.807) is 0 Å². The van der Waals surface area contributed by atoms with Crippen molar-refractivity contribution in [1.82, 2.24) is 0 Å². The van der Waals surface area contributed by atoms with Crippen molar-refractivity contribution in [3.63, 3.8) is 0 Å². The van der Waals surface area contributed by atoms with Gasteiger partial charge in [-0.15, -0.1) is 0 Å². The number of hydrogen-bond acceptors (Lipinski definition) is 1. The summed E-state index contributed by atoms with van der Waals surface area (Å²) in [7, 11) is 0. The Morgan fingerprint density at radius 2 is 1.73 bits per heavy atom. The third kappa shape index (κ3) is 1.49. The minimum atomic E-state index is 0.761. The van der Waals surface area contributed by atoms with Crippen molar-refractivity contribution in [2.75, 3.05) is 0 Å². The maximum Gasteiger partial charge on any atom is 0.131 e. The fraction of sp³-hybridized carbons (Fsp3) is 0.0769. The van der Waals surface area contributed by atoms with E-state index in [1.807, 2.05) is 36.4 Å². The van der Waals surface area contributed by atoms with Gasteiger partial charge in [0, 0.05) is 17.0 Å². The van der Waals surface area contributed by atoms with Crippen LogP contribution < -0.4 is 4.74 Å². The van der Waals surface area contributed by atoms with Gasteiger partial charge in [0.25, 0.3) is 0 Å². The first-order valence-electron chi connectivity index (χ1n) is 4.87. The monoisotopic (exact) mass is 216 g/mol. The quantitative estimate of drug-likeness (QED) is 0.551. The van der Waals surface area contributed by atoms with Crippen LogP contribution in [-0.4, -0.2) is 0 Å². The molecule has 0 aromatic heterocycles. The lowest BCUT2D eigenvalue weighted by atomic mass is 10.0. The first-order chi connectivity index (χ1) is 7.33. The molecular formula is C13H9ClO. The fourth-order valence-electron chi connectivity index (χ4n) is 1.86. The van der Waals surface area contributed by atoms with Gasteiger partial charge in [-0.3, -0.25) is 0 Å². The van der Waals surface area contributed by atoms with E-state index in [-0.39, 0.29) is 0 Å². The highest BCUT2D eigenvalue weighted by Gasteiger charge is 2.15. The molecular weight excluding hydrogens is 208 g/mol. The zero-order chi connectivity index (χ0) is 10.3. The molecule has 1 heterocycles. The molecule has 0 N–H and O–H groups in total. The van der Waals surface area contributed by atoms with Crippen molar-refractivity contribution in [3.05, 3.63) is 58.6 Å². The van der Waals surface area contributed by atoms with E-state index in [4.69, 9.17) is 16.3 Å². The molecule has 74 valence electrons.